The van der Waals surface area contributed by atoms with E-state index in [1.807, 2.05) is 13.0 Å². The molecular weight excluding hydrogens is 165 g/mol. The summed E-state index contributed by atoms with van der Waals surface area (Å²) in [7, 11) is 0. The summed E-state index contributed by atoms with van der Waals surface area (Å²) < 4.78 is 13.3. The second kappa shape index (κ2) is 4.19. The zero-order valence-electron chi connectivity index (χ0n) is 7.76. The van der Waals surface area contributed by atoms with E-state index in [4.69, 9.17) is 5.73 Å². The molecule has 0 fully saturated rings. The van der Waals surface area contributed by atoms with Crippen LogP contribution in [-0.4, -0.2) is 0 Å². The fraction of sp³-hybridized carbons (Fsp3) is 0.273. The van der Waals surface area contributed by atoms with Crippen LogP contribution in [-0.2, 0) is 0 Å². The quantitative estimate of drug-likeness (QED) is 0.709. The molecule has 0 aliphatic heterocycles. The standard InChI is InChI=1S/C11H14FN/c1-3-5-10(13)11-8(2)6-4-7-9(11)12/h3-4,6-7,10H,1,5,13H2,2H3/t10-/m1/s1. The number of nitrogens with two attached hydrogens (primary N) is 1. The van der Waals surface area contributed by atoms with Crippen LogP contribution in [0.5, 0.6) is 0 Å². The van der Waals surface area contributed by atoms with E-state index in [1.54, 1.807) is 12.1 Å². The van der Waals surface area contributed by atoms with Gasteiger partial charge in [0.25, 0.3) is 0 Å². The van der Waals surface area contributed by atoms with Gasteiger partial charge in [-0.2, -0.15) is 0 Å². The lowest BCUT2D eigenvalue weighted by Crippen LogP contribution is -2.12. The molecule has 2 N–H and O–H groups in total. The normalized spacial score (nSPS) is 12.5. The minimum absolute atomic E-state index is 0.227. The summed E-state index contributed by atoms with van der Waals surface area (Å²) in [6, 6.07) is 4.71. The van der Waals surface area contributed by atoms with E-state index in [0.29, 0.717) is 12.0 Å². The summed E-state index contributed by atoms with van der Waals surface area (Å²) in [6.07, 6.45) is 2.30. The molecule has 0 aliphatic rings. The smallest absolute Gasteiger partial charge is 0.128 e. The molecule has 0 bridgehead atoms. The van der Waals surface area contributed by atoms with Gasteiger partial charge in [0.1, 0.15) is 5.82 Å². The lowest BCUT2D eigenvalue weighted by Gasteiger charge is -2.13. The minimum Gasteiger partial charge on any atom is -0.324 e. The SMILES string of the molecule is C=CC[C@@H](N)c1c(C)cccc1F. The van der Waals surface area contributed by atoms with Gasteiger partial charge < -0.3 is 5.73 Å². The fourth-order valence-corrected chi connectivity index (χ4v) is 1.41. The first-order valence-electron chi connectivity index (χ1n) is 4.28. The highest BCUT2D eigenvalue weighted by Gasteiger charge is 2.11. The second-order valence-electron chi connectivity index (χ2n) is 3.10. The first kappa shape index (κ1) is 9.93. The Morgan fingerprint density at radius 2 is 2.31 bits per heavy atom. The molecule has 0 radical (unpaired) electrons. The predicted octanol–water partition coefficient (Wildman–Crippen LogP) is 2.71. The third-order valence-corrected chi connectivity index (χ3v) is 2.06. The maximum Gasteiger partial charge on any atom is 0.128 e. The number of halogens is 1. The molecule has 13 heavy (non-hydrogen) atoms. The maximum absolute atomic E-state index is 13.3. The Balaban J connectivity index is 3.04. The Bertz CT molecular complexity index is 287. The van der Waals surface area contributed by atoms with Crippen LogP contribution in [0.25, 0.3) is 0 Å². The average molecular weight is 179 g/mol. The van der Waals surface area contributed by atoms with Crippen LogP contribution in [0.2, 0.25) is 0 Å². The summed E-state index contributed by atoms with van der Waals surface area (Å²) in [5, 5.41) is 0. The first-order valence-corrected chi connectivity index (χ1v) is 4.28. The van der Waals surface area contributed by atoms with E-state index in [2.05, 4.69) is 6.58 Å². The average Bonchev–Trinajstić information content (AvgIpc) is 2.04. The van der Waals surface area contributed by atoms with Crippen LogP contribution in [0.1, 0.15) is 23.6 Å². The van der Waals surface area contributed by atoms with Crippen molar-refractivity contribution >= 4 is 0 Å². The van der Waals surface area contributed by atoms with E-state index in [-0.39, 0.29) is 11.9 Å². The molecule has 0 spiro atoms. The van der Waals surface area contributed by atoms with Crippen molar-refractivity contribution in [1.29, 1.82) is 0 Å². The molecule has 1 atom stereocenters. The number of rotatable bonds is 3. The van der Waals surface area contributed by atoms with Gasteiger partial charge in [-0.25, -0.2) is 4.39 Å². The van der Waals surface area contributed by atoms with Gasteiger partial charge in [-0.15, -0.1) is 6.58 Å². The van der Waals surface area contributed by atoms with Crippen LogP contribution in [0.4, 0.5) is 4.39 Å². The highest BCUT2D eigenvalue weighted by atomic mass is 19.1. The number of benzene rings is 1. The van der Waals surface area contributed by atoms with Crippen molar-refractivity contribution in [2.24, 2.45) is 5.73 Å². The zero-order chi connectivity index (χ0) is 9.84. The van der Waals surface area contributed by atoms with E-state index in [0.717, 1.165) is 5.56 Å². The molecule has 1 aromatic carbocycles. The van der Waals surface area contributed by atoms with Crippen LogP contribution in [0.3, 0.4) is 0 Å². The molecule has 0 heterocycles. The Kier molecular flexibility index (Phi) is 3.20. The highest BCUT2D eigenvalue weighted by Crippen LogP contribution is 2.21. The number of hydrogen-bond donors (Lipinski definition) is 1. The van der Waals surface area contributed by atoms with Crippen LogP contribution in [0.15, 0.2) is 30.9 Å². The van der Waals surface area contributed by atoms with Gasteiger partial charge >= 0.3 is 0 Å². The van der Waals surface area contributed by atoms with E-state index < -0.39 is 0 Å². The van der Waals surface area contributed by atoms with Crippen LogP contribution in [0, 0.1) is 12.7 Å². The van der Waals surface area contributed by atoms with Crippen molar-refractivity contribution in [3.8, 4) is 0 Å². The lowest BCUT2D eigenvalue weighted by atomic mass is 9.99. The third kappa shape index (κ3) is 2.16. The molecule has 1 aromatic rings. The topological polar surface area (TPSA) is 26.0 Å². The van der Waals surface area contributed by atoms with Crippen LogP contribution >= 0.6 is 0 Å². The number of hydrogen-bond acceptors (Lipinski definition) is 1. The van der Waals surface area contributed by atoms with Crippen molar-refractivity contribution in [1.82, 2.24) is 0 Å². The minimum atomic E-state index is -0.279. The van der Waals surface area contributed by atoms with Gasteiger partial charge in [0.05, 0.1) is 0 Å². The molecule has 0 saturated carbocycles. The van der Waals surface area contributed by atoms with Crippen molar-refractivity contribution in [2.75, 3.05) is 0 Å². The predicted molar refractivity (Wildman–Crippen MR) is 52.9 cm³/mol. The monoisotopic (exact) mass is 179 g/mol. The largest absolute Gasteiger partial charge is 0.324 e. The van der Waals surface area contributed by atoms with Crippen LogP contribution < -0.4 is 5.73 Å². The van der Waals surface area contributed by atoms with Gasteiger partial charge in [-0.05, 0) is 25.0 Å². The number of aryl methyl sites for hydroxylation is 1. The van der Waals surface area contributed by atoms with Crippen molar-refractivity contribution < 1.29 is 4.39 Å². The van der Waals surface area contributed by atoms with E-state index in [9.17, 15) is 4.39 Å². The van der Waals surface area contributed by atoms with Gasteiger partial charge in [-0.3, -0.25) is 0 Å². The first-order chi connectivity index (χ1) is 6.16. The van der Waals surface area contributed by atoms with Crippen molar-refractivity contribution in [3.05, 3.63) is 47.8 Å². The maximum atomic E-state index is 13.3. The molecule has 0 aromatic heterocycles. The summed E-state index contributed by atoms with van der Waals surface area (Å²) in [6.45, 7) is 5.45. The molecule has 0 saturated heterocycles. The summed E-state index contributed by atoms with van der Waals surface area (Å²) in [5.41, 5.74) is 7.29. The van der Waals surface area contributed by atoms with Crippen molar-refractivity contribution in [2.45, 2.75) is 19.4 Å². The molecule has 1 rings (SSSR count). The highest BCUT2D eigenvalue weighted by molar-refractivity contribution is 5.30. The molecule has 0 unspecified atom stereocenters. The van der Waals surface area contributed by atoms with E-state index >= 15 is 0 Å². The van der Waals surface area contributed by atoms with Gasteiger partial charge in [0, 0.05) is 11.6 Å². The Labute approximate surface area is 78.1 Å². The van der Waals surface area contributed by atoms with Gasteiger partial charge in [0.15, 0.2) is 0 Å². The molecular formula is C11H14FN. The summed E-state index contributed by atoms with van der Waals surface area (Å²) in [5.74, 6) is -0.227. The molecule has 0 amide bonds. The van der Waals surface area contributed by atoms with Crippen molar-refractivity contribution in [3.63, 3.8) is 0 Å². The Hall–Kier alpha value is -1.15. The Morgan fingerprint density at radius 1 is 1.62 bits per heavy atom. The van der Waals surface area contributed by atoms with Gasteiger partial charge in [0.2, 0.25) is 0 Å². The molecule has 2 heteroatoms. The summed E-state index contributed by atoms with van der Waals surface area (Å²) >= 11 is 0. The molecule has 70 valence electrons. The van der Waals surface area contributed by atoms with E-state index in [1.165, 1.54) is 6.07 Å². The Morgan fingerprint density at radius 3 is 2.85 bits per heavy atom. The zero-order valence-corrected chi connectivity index (χ0v) is 7.76. The lowest BCUT2D eigenvalue weighted by molar-refractivity contribution is 0.580. The molecule has 1 nitrogen and oxygen atoms in total. The second-order valence-corrected chi connectivity index (χ2v) is 3.10. The van der Waals surface area contributed by atoms with Gasteiger partial charge in [-0.1, -0.05) is 18.2 Å². The fourth-order valence-electron chi connectivity index (χ4n) is 1.41. The molecule has 0 aliphatic carbocycles. The third-order valence-electron chi connectivity index (χ3n) is 2.06. The summed E-state index contributed by atoms with van der Waals surface area (Å²) in [4.78, 5) is 0.